The Kier molecular flexibility index (Phi) is 5.36. The molecule has 0 radical (unpaired) electrons. The van der Waals surface area contributed by atoms with Gasteiger partial charge in [0.05, 0.1) is 17.6 Å². The molecule has 0 aliphatic carbocycles. The Labute approximate surface area is 156 Å². The minimum atomic E-state index is -0.843. The molecule has 0 aromatic heterocycles. The molecule has 142 valence electrons. The van der Waals surface area contributed by atoms with Crippen molar-refractivity contribution in [3.05, 3.63) is 29.8 Å². The van der Waals surface area contributed by atoms with Crippen molar-refractivity contribution in [2.45, 2.75) is 70.4 Å². The predicted octanol–water partition coefficient (Wildman–Crippen LogP) is 3.87. The van der Waals surface area contributed by atoms with E-state index in [0.717, 1.165) is 18.7 Å². The number of rotatable bonds is 5. The van der Waals surface area contributed by atoms with Crippen molar-refractivity contribution >= 4 is 18.8 Å². The summed E-state index contributed by atoms with van der Waals surface area (Å²) >= 11 is 0. The van der Waals surface area contributed by atoms with Gasteiger partial charge in [0.15, 0.2) is 0 Å². The summed E-state index contributed by atoms with van der Waals surface area (Å²) in [4.78, 5) is 13.9. The van der Waals surface area contributed by atoms with Gasteiger partial charge in [-0.2, -0.15) is 0 Å². The summed E-state index contributed by atoms with van der Waals surface area (Å²) in [5, 5.41) is 9.40. The maximum absolute atomic E-state index is 11.5. The average Bonchev–Trinajstić information content (AvgIpc) is 2.81. The first-order valence-electron chi connectivity index (χ1n) is 9.62. The molecular formula is C20H30BNO4. The van der Waals surface area contributed by atoms with Gasteiger partial charge < -0.3 is 19.3 Å². The van der Waals surface area contributed by atoms with Crippen molar-refractivity contribution in [1.82, 2.24) is 0 Å². The Bertz CT molecular complexity index is 622. The minimum absolute atomic E-state index is 0.0140. The molecule has 1 atom stereocenters. The van der Waals surface area contributed by atoms with Crippen molar-refractivity contribution in [2.24, 2.45) is 0 Å². The highest BCUT2D eigenvalue weighted by Gasteiger charge is 2.54. The molecule has 5 nitrogen and oxygen atoms in total. The lowest BCUT2D eigenvalue weighted by Gasteiger charge is -2.32. The summed E-state index contributed by atoms with van der Waals surface area (Å²) in [5.41, 5.74) is 1.22. The largest absolute Gasteiger partial charge is 0.481 e. The molecule has 1 N–H and O–H groups in total. The second-order valence-electron chi connectivity index (χ2n) is 8.47. The molecule has 2 aliphatic rings. The molecular weight excluding hydrogens is 329 g/mol. The topological polar surface area (TPSA) is 59.0 Å². The highest BCUT2D eigenvalue weighted by Crippen LogP contribution is 2.42. The highest BCUT2D eigenvalue weighted by molar-refractivity contribution is 6.48. The lowest BCUT2D eigenvalue weighted by atomic mass is 9.66. The number of aliphatic carboxylic acids is 1. The third-order valence-electron chi connectivity index (χ3n) is 6.04. The van der Waals surface area contributed by atoms with Crippen molar-refractivity contribution < 1.29 is 19.2 Å². The van der Waals surface area contributed by atoms with E-state index in [0.29, 0.717) is 0 Å². The van der Waals surface area contributed by atoms with Gasteiger partial charge in [-0.15, -0.1) is 0 Å². The van der Waals surface area contributed by atoms with Gasteiger partial charge in [-0.05, 0) is 64.7 Å². The quantitative estimate of drug-likeness (QED) is 0.809. The van der Waals surface area contributed by atoms with Crippen LogP contribution in [0.25, 0.3) is 0 Å². The van der Waals surface area contributed by atoms with Crippen LogP contribution in [0.2, 0.25) is 0 Å². The second kappa shape index (κ2) is 7.24. The first-order valence-corrected chi connectivity index (χ1v) is 9.62. The molecule has 1 unspecified atom stereocenters. The van der Waals surface area contributed by atoms with Gasteiger partial charge in [0.25, 0.3) is 0 Å². The fraction of sp³-hybridized carbons (Fsp3) is 0.650. The van der Waals surface area contributed by atoms with Crippen LogP contribution in [0.15, 0.2) is 24.3 Å². The summed E-state index contributed by atoms with van der Waals surface area (Å²) in [7, 11) is -0.558. The van der Waals surface area contributed by atoms with Crippen LogP contribution >= 0.6 is 0 Å². The van der Waals surface area contributed by atoms with Gasteiger partial charge in [0.2, 0.25) is 0 Å². The monoisotopic (exact) mass is 359 g/mol. The molecule has 2 fully saturated rings. The van der Waals surface area contributed by atoms with Crippen LogP contribution in [-0.2, 0) is 14.1 Å². The Morgan fingerprint density at radius 1 is 1.08 bits per heavy atom. The second-order valence-corrected chi connectivity index (χ2v) is 8.47. The predicted molar refractivity (Wildman–Crippen MR) is 104 cm³/mol. The molecule has 2 aliphatic heterocycles. The summed E-state index contributed by atoms with van der Waals surface area (Å²) < 4.78 is 12.3. The molecule has 0 spiro atoms. The number of carbonyl (C=O) groups is 1. The van der Waals surface area contributed by atoms with Crippen molar-refractivity contribution in [2.75, 3.05) is 18.0 Å². The molecule has 6 heteroatoms. The lowest BCUT2D eigenvalue weighted by molar-refractivity contribution is -0.137. The van der Waals surface area contributed by atoms with Crippen molar-refractivity contribution in [1.29, 1.82) is 0 Å². The molecule has 3 rings (SSSR count). The Morgan fingerprint density at radius 3 is 2.12 bits per heavy atom. The van der Waals surface area contributed by atoms with E-state index in [1.165, 1.54) is 24.9 Å². The van der Waals surface area contributed by atoms with Crippen LogP contribution in [0.3, 0.4) is 0 Å². The summed E-state index contributed by atoms with van der Waals surface area (Å²) in [6.07, 6.45) is 3.76. The Morgan fingerprint density at radius 2 is 1.62 bits per heavy atom. The standard InChI is InChI=1S/C20H30BNO4/c1-19(2)20(3,4)26-21(25-19)17(14-18(23)24)15-8-10-16(11-9-15)22-12-6-5-7-13-22/h8-11,17H,5-7,12-14H2,1-4H3,(H,23,24). The van der Waals surface area contributed by atoms with E-state index >= 15 is 0 Å². The average molecular weight is 359 g/mol. The van der Waals surface area contributed by atoms with E-state index in [1.54, 1.807) is 0 Å². The van der Waals surface area contributed by atoms with E-state index in [2.05, 4.69) is 17.0 Å². The van der Waals surface area contributed by atoms with Gasteiger partial charge >= 0.3 is 13.1 Å². The van der Waals surface area contributed by atoms with Crippen LogP contribution in [0.4, 0.5) is 5.69 Å². The summed E-state index contributed by atoms with van der Waals surface area (Å²) in [6, 6.07) is 8.26. The van der Waals surface area contributed by atoms with Crippen LogP contribution < -0.4 is 4.90 Å². The van der Waals surface area contributed by atoms with Gasteiger partial charge in [0.1, 0.15) is 0 Å². The fourth-order valence-electron chi connectivity index (χ4n) is 3.70. The number of benzene rings is 1. The van der Waals surface area contributed by atoms with Gasteiger partial charge in [0, 0.05) is 24.6 Å². The number of nitrogens with zero attached hydrogens (tertiary/aromatic N) is 1. The minimum Gasteiger partial charge on any atom is -0.481 e. The highest BCUT2D eigenvalue weighted by atomic mass is 16.7. The first kappa shape index (κ1) is 19.2. The van der Waals surface area contributed by atoms with E-state index in [1.807, 2.05) is 39.8 Å². The maximum atomic E-state index is 11.5. The van der Waals surface area contributed by atoms with Gasteiger partial charge in [-0.1, -0.05) is 12.1 Å². The zero-order chi connectivity index (χ0) is 18.9. The number of hydrogen-bond donors (Lipinski definition) is 1. The third kappa shape index (κ3) is 3.91. The Balaban J connectivity index is 1.81. The lowest BCUT2D eigenvalue weighted by Crippen LogP contribution is -2.41. The van der Waals surface area contributed by atoms with E-state index < -0.39 is 24.3 Å². The zero-order valence-electron chi connectivity index (χ0n) is 16.3. The molecule has 0 bridgehead atoms. The summed E-state index contributed by atoms with van der Waals surface area (Å²) in [6.45, 7) is 10.1. The van der Waals surface area contributed by atoms with Crippen LogP contribution in [-0.4, -0.2) is 42.5 Å². The molecule has 0 amide bonds. The number of anilines is 1. The molecule has 2 saturated heterocycles. The molecule has 26 heavy (non-hydrogen) atoms. The van der Waals surface area contributed by atoms with E-state index in [4.69, 9.17) is 9.31 Å². The van der Waals surface area contributed by atoms with Crippen molar-refractivity contribution in [3.8, 4) is 0 Å². The van der Waals surface area contributed by atoms with Crippen LogP contribution in [0, 0.1) is 0 Å². The van der Waals surface area contributed by atoms with E-state index in [9.17, 15) is 9.90 Å². The third-order valence-corrected chi connectivity index (χ3v) is 6.04. The first-order chi connectivity index (χ1) is 12.2. The smallest absolute Gasteiger partial charge is 0.466 e. The number of piperidine rings is 1. The van der Waals surface area contributed by atoms with Crippen LogP contribution in [0.5, 0.6) is 0 Å². The SMILES string of the molecule is CC1(C)OB(C(CC(=O)O)c2ccc(N3CCCCC3)cc2)OC1(C)C. The summed E-state index contributed by atoms with van der Waals surface area (Å²) in [5.74, 6) is -1.17. The zero-order valence-corrected chi connectivity index (χ0v) is 16.3. The van der Waals surface area contributed by atoms with Gasteiger partial charge in [-0.3, -0.25) is 4.79 Å². The molecule has 1 aromatic rings. The van der Waals surface area contributed by atoms with Crippen molar-refractivity contribution in [3.63, 3.8) is 0 Å². The van der Waals surface area contributed by atoms with E-state index in [-0.39, 0.29) is 12.2 Å². The molecule has 2 heterocycles. The van der Waals surface area contributed by atoms with Gasteiger partial charge in [-0.25, -0.2) is 0 Å². The fourth-order valence-corrected chi connectivity index (χ4v) is 3.70. The Hall–Kier alpha value is -1.53. The maximum Gasteiger partial charge on any atom is 0.466 e. The molecule has 1 aromatic carbocycles. The normalized spacial score (nSPS) is 23.1. The van der Waals surface area contributed by atoms with Crippen LogP contribution in [0.1, 0.15) is 64.8 Å². The molecule has 0 saturated carbocycles. The number of carboxylic acids is 1. The number of carboxylic acid groups (broad SMARTS) is 1. The number of hydrogen-bond acceptors (Lipinski definition) is 4.